The Balaban J connectivity index is 1.92. The lowest BCUT2D eigenvalue weighted by Gasteiger charge is -2.30. The van der Waals surface area contributed by atoms with Crippen LogP contribution in [0.3, 0.4) is 0 Å². The topological polar surface area (TPSA) is 102 Å². The van der Waals surface area contributed by atoms with Gasteiger partial charge in [0.1, 0.15) is 11.5 Å². The predicted molar refractivity (Wildman–Crippen MR) is 93.2 cm³/mol. The Morgan fingerprint density at radius 3 is 2.85 bits per heavy atom. The van der Waals surface area contributed by atoms with Gasteiger partial charge in [-0.15, -0.1) is 0 Å². The number of aromatic nitrogens is 1. The number of aliphatic carboxylic acids is 1. The second-order valence-electron chi connectivity index (χ2n) is 6.73. The van der Waals surface area contributed by atoms with Gasteiger partial charge < -0.3 is 19.7 Å². The summed E-state index contributed by atoms with van der Waals surface area (Å²) in [6.45, 7) is 1.68. The first-order valence-electron chi connectivity index (χ1n) is 8.59. The monoisotopic (exact) mass is 358 g/mol. The van der Waals surface area contributed by atoms with Gasteiger partial charge in [-0.1, -0.05) is 17.3 Å². The summed E-state index contributed by atoms with van der Waals surface area (Å²) in [7, 11) is 1.54. The van der Waals surface area contributed by atoms with Crippen LogP contribution in [-0.4, -0.2) is 29.2 Å². The van der Waals surface area contributed by atoms with Crippen LogP contribution >= 0.6 is 0 Å². The molecule has 138 valence electrons. The van der Waals surface area contributed by atoms with E-state index in [1.165, 1.54) is 7.11 Å². The van der Waals surface area contributed by atoms with E-state index in [4.69, 9.17) is 9.26 Å². The van der Waals surface area contributed by atoms with E-state index in [1.54, 1.807) is 31.2 Å². The minimum absolute atomic E-state index is 0.249. The smallest absolute Gasteiger partial charge is 0.306 e. The molecule has 2 N–H and O–H groups in total. The first kappa shape index (κ1) is 18.0. The van der Waals surface area contributed by atoms with E-state index in [2.05, 4.69) is 10.5 Å². The van der Waals surface area contributed by atoms with Crippen molar-refractivity contribution in [1.82, 2.24) is 10.5 Å². The van der Waals surface area contributed by atoms with E-state index in [9.17, 15) is 14.7 Å². The number of hydrogen-bond donors (Lipinski definition) is 2. The molecule has 0 aliphatic heterocycles. The average molecular weight is 358 g/mol. The molecule has 0 spiro atoms. The number of hydrogen-bond acceptors (Lipinski definition) is 5. The number of amides is 1. The summed E-state index contributed by atoms with van der Waals surface area (Å²) in [5.74, 6) is -0.101. The number of nitrogens with one attached hydrogen (secondary N) is 1. The maximum absolute atomic E-state index is 12.8. The van der Waals surface area contributed by atoms with Crippen LogP contribution in [0.5, 0.6) is 5.75 Å². The highest BCUT2D eigenvalue weighted by Gasteiger charge is 2.34. The molecule has 0 saturated carbocycles. The number of rotatable bonds is 6. The first-order valence-corrected chi connectivity index (χ1v) is 8.59. The molecule has 26 heavy (non-hydrogen) atoms. The summed E-state index contributed by atoms with van der Waals surface area (Å²) < 4.78 is 10.5. The van der Waals surface area contributed by atoms with Crippen molar-refractivity contribution < 1.29 is 24.0 Å². The molecule has 1 aliphatic rings. The molecular weight excluding hydrogens is 336 g/mol. The number of carboxylic acids is 1. The van der Waals surface area contributed by atoms with Gasteiger partial charge in [-0.05, 0) is 43.9 Å². The number of carbonyl (C=O) groups excluding carboxylic acids is 1. The molecule has 1 unspecified atom stereocenters. The minimum Gasteiger partial charge on any atom is -0.497 e. The van der Waals surface area contributed by atoms with Crippen LogP contribution < -0.4 is 10.1 Å². The van der Waals surface area contributed by atoms with Crippen LogP contribution in [0.1, 0.15) is 53.6 Å². The quantitative estimate of drug-likeness (QED) is 0.823. The zero-order chi connectivity index (χ0) is 18.7. The molecule has 1 aliphatic carbocycles. The summed E-state index contributed by atoms with van der Waals surface area (Å²) >= 11 is 0. The van der Waals surface area contributed by atoms with Gasteiger partial charge in [-0.2, -0.15) is 0 Å². The van der Waals surface area contributed by atoms with Crippen LogP contribution in [-0.2, 0) is 23.2 Å². The van der Waals surface area contributed by atoms with Gasteiger partial charge in [0.05, 0.1) is 19.1 Å². The Hall–Kier alpha value is -2.83. The van der Waals surface area contributed by atoms with Crippen molar-refractivity contribution in [3.05, 3.63) is 46.8 Å². The number of aryl methyl sites for hydroxylation is 1. The van der Waals surface area contributed by atoms with Gasteiger partial charge >= 0.3 is 5.97 Å². The number of methoxy groups -OCH3 is 1. The van der Waals surface area contributed by atoms with Crippen LogP contribution in [0.25, 0.3) is 0 Å². The maximum atomic E-state index is 12.8. The van der Waals surface area contributed by atoms with Gasteiger partial charge in [-0.3, -0.25) is 9.59 Å². The molecule has 0 fully saturated rings. The number of ether oxygens (including phenoxy) is 1. The number of fused-ring (bicyclic) bond motifs is 1. The predicted octanol–water partition coefficient (Wildman–Crippen LogP) is 2.68. The lowest BCUT2D eigenvalue weighted by atomic mass is 9.87. The van der Waals surface area contributed by atoms with E-state index in [-0.39, 0.29) is 12.1 Å². The van der Waals surface area contributed by atoms with Crippen LogP contribution in [0.2, 0.25) is 0 Å². The zero-order valence-corrected chi connectivity index (χ0v) is 14.9. The summed E-state index contributed by atoms with van der Waals surface area (Å²) in [5, 5.41) is 16.1. The molecule has 3 rings (SSSR count). The Labute approximate surface area is 151 Å². The average Bonchev–Trinajstić information content (AvgIpc) is 3.05. The van der Waals surface area contributed by atoms with Crippen LogP contribution in [0.4, 0.5) is 0 Å². The van der Waals surface area contributed by atoms with Crippen molar-refractivity contribution >= 4 is 11.9 Å². The fraction of sp³-hybridized carbons (Fsp3) is 0.421. The lowest BCUT2D eigenvalue weighted by molar-refractivity contribution is -0.138. The summed E-state index contributed by atoms with van der Waals surface area (Å²) in [6.07, 6.45) is 3.25. The second kappa shape index (κ2) is 7.19. The van der Waals surface area contributed by atoms with Crippen molar-refractivity contribution in [2.45, 2.75) is 44.6 Å². The van der Waals surface area contributed by atoms with Gasteiger partial charge in [0.25, 0.3) is 5.91 Å². The van der Waals surface area contributed by atoms with Crippen LogP contribution in [0, 0.1) is 0 Å². The van der Waals surface area contributed by atoms with Gasteiger partial charge in [-0.25, -0.2) is 0 Å². The number of benzene rings is 1. The van der Waals surface area contributed by atoms with Crippen molar-refractivity contribution in [2.24, 2.45) is 0 Å². The van der Waals surface area contributed by atoms with E-state index >= 15 is 0 Å². The second-order valence-corrected chi connectivity index (χ2v) is 6.73. The highest BCUT2D eigenvalue weighted by Crippen LogP contribution is 2.30. The zero-order valence-electron chi connectivity index (χ0n) is 14.9. The molecule has 1 aromatic heterocycles. The molecule has 1 heterocycles. The summed E-state index contributed by atoms with van der Waals surface area (Å²) in [5.41, 5.74) is 0.610. The van der Waals surface area contributed by atoms with Crippen LogP contribution in [0.15, 0.2) is 28.8 Å². The van der Waals surface area contributed by atoms with Crippen molar-refractivity contribution in [2.75, 3.05) is 7.11 Å². The first-order chi connectivity index (χ1) is 12.4. The SMILES string of the molecule is COc1cccc(C(C)(CC(=O)O)NC(=O)c2noc3c2CCCC3)c1. The lowest BCUT2D eigenvalue weighted by Crippen LogP contribution is -2.45. The maximum Gasteiger partial charge on any atom is 0.306 e. The van der Waals surface area contributed by atoms with E-state index in [1.807, 2.05) is 0 Å². The molecular formula is C19H22N2O5. The number of carboxylic acid groups (broad SMARTS) is 1. The standard InChI is InChI=1S/C19H22N2O5/c1-19(11-16(22)23,12-6-5-7-13(10-12)25-2)20-18(24)17-14-8-3-4-9-15(14)26-21-17/h5-7,10H,3-4,8-9,11H2,1-2H3,(H,20,24)(H,22,23). The largest absolute Gasteiger partial charge is 0.497 e. The highest BCUT2D eigenvalue weighted by molar-refractivity contribution is 5.94. The van der Waals surface area contributed by atoms with Crippen molar-refractivity contribution in [3.63, 3.8) is 0 Å². The van der Waals surface area contributed by atoms with E-state index < -0.39 is 17.4 Å². The Morgan fingerprint density at radius 1 is 1.35 bits per heavy atom. The van der Waals surface area contributed by atoms with Crippen molar-refractivity contribution in [3.8, 4) is 5.75 Å². The Bertz CT molecular complexity index is 829. The Morgan fingerprint density at radius 2 is 2.12 bits per heavy atom. The van der Waals surface area contributed by atoms with E-state index in [0.29, 0.717) is 11.3 Å². The fourth-order valence-electron chi connectivity index (χ4n) is 3.36. The van der Waals surface area contributed by atoms with E-state index in [0.717, 1.165) is 37.0 Å². The Kier molecular flexibility index (Phi) is 4.97. The normalized spacial score (nSPS) is 15.6. The fourth-order valence-corrected chi connectivity index (χ4v) is 3.36. The third kappa shape index (κ3) is 3.56. The molecule has 0 radical (unpaired) electrons. The third-order valence-corrected chi connectivity index (χ3v) is 4.77. The summed E-state index contributed by atoms with van der Waals surface area (Å²) in [6, 6.07) is 7.02. The van der Waals surface area contributed by atoms with Gasteiger partial charge in [0.15, 0.2) is 5.69 Å². The van der Waals surface area contributed by atoms with Gasteiger partial charge in [0.2, 0.25) is 0 Å². The minimum atomic E-state index is -1.11. The molecule has 1 aromatic carbocycles. The molecule has 0 saturated heterocycles. The van der Waals surface area contributed by atoms with Crippen molar-refractivity contribution in [1.29, 1.82) is 0 Å². The molecule has 1 amide bonds. The number of carbonyl (C=O) groups is 2. The highest BCUT2D eigenvalue weighted by atomic mass is 16.5. The third-order valence-electron chi connectivity index (χ3n) is 4.77. The molecule has 7 heteroatoms. The number of nitrogens with zero attached hydrogens (tertiary/aromatic N) is 1. The summed E-state index contributed by atoms with van der Waals surface area (Å²) in [4.78, 5) is 24.3. The molecule has 1 atom stereocenters. The molecule has 2 aromatic rings. The van der Waals surface area contributed by atoms with Gasteiger partial charge in [0, 0.05) is 12.0 Å². The molecule has 7 nitrogen and oxygen atoms in total. The molecule has 0 bridgehead atoms.